The number of rotatable bonds is 1. The monoisotopic (exact) mass is 200 g/mol. The third kappa shape index (κ3) is 1.62. The van der Waals surface area contributed by atoms with Crippen LogP contribution in [0.25, 0.3) is 5.69 Å². The van der Waals surface area contributed by atoms with Crippen molar-refractivity contribution < 1.29 is 4.39 Å². The molecule has 2 nitrogen and oxygen atoms in total. The Morgan fingerprint density at radius 1 is 1.33 bits per heavy atom. The Balaban J connectivity index is 2.60. The molecule has 1 aromatic heterocycles. The second-order valence-electron chi connectivity index (χ2n) is 3.33. The maximum Gasteiger partial charge on any atom is 0.147 e. The summed E-state index contributed by atoms with van der Waals surface area (Å²) in [7, 11) is 0. The van der Waals surface area contributed by atoms with Gasteiger partial charge in [0.15, 0.2) is 0 Å². The van der Waals surface area contributed by atoms with Crippen molar-refractivity contribution in [3.05, 3.63) is 53.6 Å². The molecular weight excluding hydrogens is 191 g/mol. The van der Waals surface area contributed by atoms with Crippen LogP contribution in [-0.2, 0) is 0 Å². The van der Waals surface area contributed by atoms with Crippen LogP contribution in [0.4, 0.5) is 4.39 Å². The van der Waals surface area contributed by atoms with Gasteiger partial charge in [-0.2, -0.15) is 5.26 Å². The Labute approximate surface area is 87.2 Å². The fourth-order valence-electron chi connectivity index (χ4n) is 1.49. The van der Waals surface area contributed by atoms with Gasteiger partial charge in [0.05, 0.1) is 5.69 Å². The number of hydrogen-bond acceptors (Lipinski definition) is 1. The summed E-state index contributed by atoms with van der Waals surface area (Å²) in [5, 5.41) is 8.82. The van der Waals surface area contributed by atoms with Gasteiger partial charge in [0.1, 0.15) is 17.6 Å². The third-order valence-electron chi connectivity index (χ3n) is 2.23. The molecule has 0 radical (unpaired) electrons. The topological polar surface area (TPSA) is 28.7 Å². The summed E-state index contributed by atoms with van der Waals surface area (Å²) in [6.45, 7) is 1.83. The molecule has 0 fully saturated rings. The number of halogens is 1. The van der Waals surface area contributed by atoms with Gasteiger partial charge >= 0.3 is 0 Å². The summed E-state index contributed by atoms with van der Waals surface area (Å²) >= 11 is 0. The molecule has 0 saturated heterocycles. The maximum atomic E-state index is 13.6. The number of aryl methyl sites for hydroxylation is 1. The molecule has 2 aromatic rings. The summed E-state index contributed by atoms with van der Waals surface area (Å²) < 4.78 is 15.1. The molecule has 15 heavy (non-hydrogen) atoms. The molecule has 3 heteroatoms. The highest BCUT2D eigenvalue weighted by atomic mass is 19.1. The summed E-state index contributed by atoms with van der Waals surface area (Å²) in [6, 6.07) is 10.3. The molecule has 74 valence electrons. The highest BCUT2D eigenvalue weighted by Gasteiger charge is 2.07. The molecule has 0 spiro atoms. The maximum absolute atomic E-state index is 13.6. The highest BCUT2D eigenvalue weighted by molar-refractivity contribution is 5.41. The van der Waals surface area contributed by atoms with E-state index in [1.807, 2.05) is 19.1 Å². The Morgan fingerprint density at radius 2 is 2.13 bits per heavy atom. The molecular formula is C12H9FN2. The summed E-state index contributed by atoms with van der Waals surface area (Å²) in [4.78, 5) is 0. The zero-order chi connectivity index (χ0) is 10.8. The minimum Gasteiger partial charge on any atom is -0.305 e. The third-order valence-corrected chi connectivity index (χ3v) is 2.23. The van der Waals surface area contributed by atoms with Crippen LogP contribution in [-0.4, -0.2) is 4.57 Å². The first-order valence-electron chi connectivity index (χ1n) is 4.56. The molecule has 0 unspecified atom stereocenters. The fraction of sp³-hybridized carbons (Fsp3) is 0.0833. The SMILES string of the molecule is Cc1ccc(-n2cccc2C#N)c(F)c1. The fourth-order valence-corrected chi connectivity index (χ4v) is 1.49. The summed E-state index contributed by atoms with van der Waals surface area (Å²) in [6.07, 6.45) is 1.67. The number of benzene rings is 1. The quantitative estimate of drug-likeness (QED) is 0.695. The van der Waals surface area contributed by atoms with Crippen LogP contribution in [0.2, 0.25) is 0 Å². The molecule has 0 atom stereocenters. The van der Waals surface area contributed by atoms with E-state index < -0.39 is 0 Å². The average Bonchev–Trinajstić information content (AvgIpc) is 2.65. The van der Waals surface area contributed by atoms with Crippen molar-refractivity contribution in [2.24, 2.45) is 0 Å². The Bertz CT molecular complexity index is 535. The van der Waals surface area contributed by atoms with Crippen LogP contribution in [0, 0.1) is 24.1 Å². The standard InChI is InChI=1S/C12H9FN2/c1-9-4-5-12(11(13)7-9)15-6-2-3-10(15)8-14/h2-7H,1H3. The highest BCUT2D eigenvalue weighted by Crippen LogP contribution is 2.17. The lowest BCUT2D eigenvalue weighted by Crippen LogP contribution is -1.98. The Hall–Kier alpha value is -2.08. The van der Waals surface area contributed by atoms with Crippen LogP contribution in [0.3, 0.4) is 0 Å². The van der Waals surface area contributed by atoms with Gasteiger partial charge in [0.2, 0.25) is 0 Å². The van der Waals surface area contributed by atoms with E-state index in [9.17, 15) is 4.39 Å². The lowest BCUT2D eigenvalue weighted by atomic mass is 10.2. The van der Waals surface area contributed by atoms with E-state index in [0.717, 1.165) is 5.56 Å². The molecule has 0 bridgehead atoms. The predicted molar refractivity (Wildman–Crippen MR) is 55.2 cm³/mol. The van der Waals surface area contributed by atoms with E-state index in [1.54, 1.807) is 24.4 Å². The molecule has 0 aliphatic heterocycles. The molecule has 0 N–H and O–H groups in total. The van der Waals surface area contributed by atoms with Crippen molar-refractivity contribution in [2.45, 2.75) is 6.92 Å². The molecule has 0 aliphatic rings. The van der Waals surface area contributed by atoms with Crippen molar-refractivity contribution in [2.75, 3.05) is 0 Å². The van der Waals surface area contributed by atoms with Crippen molar-refractivity contribution in [1.29, 1.82) is 5.26 Å². The van der Waals surface area contributed by atoms with E-state index in [0.29, 0.717) is 11.4 Å². The van der Waals surface area contributed by atoms with Gasteiger partial charge in [-0.05, 0) is 36.8 Å². The molecule has 0 aliphatic carbocycles. The van der Waals surface area contributed by atoms with Crippen LogP contribution >= 0.6 is 0 Å². The predicted octanol–water partition coefficient (Wildman–Crippen LogP) is 2.80. The van der Waals surface area contributed by atoms with Gasteiger partial charge in [-0.15, -0.1) is 0 Å². The van der Waals surface area contributed by atoms with E-state index >= 15 is 0 Å². The normalized spacial score (nSPS) is 9.93. The lowest BCUT2D eigenvalue weighted by molar-refractivity contribution is 0.616. The van der Waals surface area contributed by atoms with Crippen LogP contribution < -0.4 is 0 Å². The zero-order valence-electron chi connectivity index (χ0n) is 8.24. The first-order valence-corrected chi connectivity index (χ1v) is 4.56. The number of aromatic nitrogens is 1. The number of nitriles is 1. The van der Waals surface area contributed by atoms with Gasteiger partial charge in [-0.25, -0.2) is 4.39 Å². The van der Waals surface area contributed by atoms with Crippen LogP contribution in [0.5, 0.6) is 0 Å². The van der Waals surface area contributed by atoms with E-state index in [1.165, 1.54) is 10.6 Å². The van der Waals surface area contributed by atoms with Crippen molar-refractivity contribution in [1.82, 2.24) is 4.57 Å². The van der Waals surface area contributed by atoms with Gasteiger partial charge < -0.3 is 4.57 Å². The van der Waals surface area contributed by atoms with E-state index in [4.69, 9.17) is 5.26 Å². The average molecular weight is 200 g/mol. The van der Waals surface area contributed by atoms with Crippen LogP contribution in [0.15, 0.2) is 36.5 Å². The second-order valence-corrected chi connectivity index (χ2v) is 3.33. The minimum absolute atomic E-state index is 0.317. The van der Waals surface area contributed by atoms with Crippen molar-refractivity contribution in [3.63, 3.8) is 0 Å². The van der Waals surface area contributed by atoms with E-state index in [2.05, 4.69) is 0 Å². The van der Waals surface area contributed by atoms with Crippen molar-refractivity contribution >= 4 is 0 Å². The van der Waals surface area contributed by atoms with Gasteiger partial charge in [0, 0.05) is 6.20 Å². The summed E-state index contributed by atoms with van der Waals surface area (Å²) in [5.41, 5.74) is 1.70. The second kappa shape index (κ2) is 3.58. The smallest absolute Gasteiger partial charge is 0.147 e. The molecule has 1 aromatic carbocycles. The molecule has 0 saturated carbocycles. The molecule has 2 rings (SSSR count). The van der Waals surface area contributed by atoms with Crippen molar-refractivity contribution in [3.8, 4) is 11.8 Å². The summed E-state index contributed by atoms with van der Waals surface area (Å²) in [5.74, 6) is -0.317. The minimum atomic E-state index is -0.317. The van der Waals surface area contributed by atoms with Gasteiger partial charge in [-0.3, -0.25) is 0 Å². The first kappa shape index (κ1) is 9.47. The molecule has 1 heterocycles. The Morgan fingerprint density at radius 3 is 2.80 bits per heavy atom. The largest absolute Gasteiger partial charge is 0.305 e. The first-order chi connectivity index (χ1) is 7.22. The lowest BCUT2D eigenvalue weighted by Gasteiger charge is -2.06. The number of hydrogen-bond donors (Lipinski definition) is 0. The zero-order valence-corrected chi connectivity index (χ0v) is 8.24. The van der Waals surface area contributed by atoms with Crippen LogP contribution in [0.1, 0.15) is 11.3 Å². The molecule has 0 amide bonds. The van der Waals surface area contributed by atoms with E-state index in [-0.39, 0.29) is 5.82 Å². The van der Waals surface area contributed by atoms with Gasteiger partial charge in [0.25, 0.3) is 0 Å². The Kier molecular flexibility index (Phi) is 2.26. The van der Waals surface area contributed by atoms with Gasteiger partial charge in [-0.1, -0.05) is 6.07 Å². The number of nitrogens with zero attached hydrogens (tertiary/aromatic N) is 2.